The zero-order chi connectivity index (χ0) is 11.5. The zero-order valence-corrected chi connectivity index (χ0v) is 9.44. The topological polar surface area (TPSA) is 74.0 Å². The van der Waals surface area contributed by atoms with Gasteiger partial charge in [0.15, 0.2) is 0 Å². The monoisotopic (exact) mass is 231 g/mol. The Morgan fingerprint density at radius 2 is 2.20 bits per heavy atom. The average molecular weight is 231 g/mol. The van der Waals surface area contributed by atoms with E-state index in [1.54, 1.807) is 13.0 Å². The van der Waals surface area contributed by atoms with Crippen molar-refractivity contribution < 1.29 is 8.42 Å². The SMILES string of the molecule is C/C=C\n1ncn(CCS(C)(=O)=O)c1=O. The van der Waals surface area contributed by atoms with E-state index in [0.29, 0.717) is 0 Å². The summed E-state index contributed by atoms with van der Waals surface area (Å²) in [6.07, 6.45) is 5.65. The first-order valence-corrected chi connectivity index (χ1v) is 6.44. The fourth-order valence-corrected chi connectivity index (χ4v) is 1.54. The van der Waals surface area contributed by atoms with Gasteiger partial charge in [-0.2, -0.15) is 9.78 Å². The quantitative estimate of drug-likeness (QED) is 0.705. The lowest BCUT2D eigenvalue weighted by Gasteiger charge is -1.97. The van der Waals surface area contributed by atoms with Crippen LogP contribution < -0.4 is 5.69 Å². The predicted octanol–water partition coefficient (Wildman–Crippen LogP) is -0.420. The molecule has 0 bridgehead atoms. The van der Waals surface area contributed by atoms with Gasteiger partial charge in [-0.25, -0.2) is 13.2 Å². The molecule has 7 heteroatoms. The average Bonchev–Trinajstić information content (AvgIpc) is 2.45. The van der Waals surface area contributed by atoms with Crippen molar-refractivity contribution >= 4 is 16.0 Å². The summed E-state index contributed by atoms with van der Waals surface area (Å²) >= 11 is 0. The van der Waals surface area contributed by atoms with Gasteiger partial charge in [-0.05, 0) is 6.92 Å². The van der Waals surface area contributed by atoms with E-state index >= 15 is 0 Å². The Kier molecular flexibility index (Phi) is 3.46. The van der Waals surface area contributed by atoms with Crippen molar-refractivity contribution in [3.05, 3.63) is 22.9 Å². The van der Waals surface area contributed by atoms with E-state index in [2.05, 4.69) is 5.10 Å². The Labute approximate surface area is 87.8 Å². The Bertz CT molecular complexity index is 509. The van der Waals surface area contributed by atoms with Crippen molar-refractivity contribution in [2.45, 2.75) is 13.5 Å². The number of nitrogens with zero attached hydrogens (tertiary/aromatic N) is 3. The summed E-state index contributed by atoms with van der Waals surface area (Å²) in [7, 11) is -3.06. The molecule has 0 fully saturated rings. The Morgan fingerprint density at radius 1 is 1.53 bits per heavy atom. The molecule has 1 aromatic rings. The van der Waals surface area contributed by atoms with Gasteiger partial charge in [0.25, 0.3) is 0 Å². The third-order valence-corrected chi connectivity index (χ3v) is 2.67. The molecule has 84 valence electrons. The second kappa shape index (κ2) is 4.43. The van der Waals surface area contributed by atoms with E-state index in [-0.39, 0.29) is 18.0 Å². The number of sulfone groups is 1. The molecule has 0 atom stereocenters. The second-order valence-electron chi connectivity index (χ2n) is 3.16. The highest BCUT2D eigenvalue weighted by molar-refractivity contribution is 7.90. The van der Waals surface area contributed by atoms with E-state index in [4.69, 9.17) is 0 Å². The second-order valence-corrected chi connectivity index (χ2v) is 5.42. The van der Waals surface area contributed by atoms with Crippen LogP contribution in [-0.2, 0) is 16.4 Å². The van der Waals surface area contributed by atoms with Crippen LogP contribution >= 0.6 is 0 Å². The summed E-state index contributed by atoms with van der Waals surface area (Å²) in [4.78, 5) is 11.5. The maximum absolute atomic E-state index is 11.5. The third kappa shape index (κ3) is 3.35. The van der Waals surface area contributed by atoms with Gasteiger partial charge in [0.1, 0.15) is 16.2 Å². The number of aromatic nitrogens is 3. The molecule has 1 heterocycles. The summed E-state index contributed by atoms with van der Waals surface area (Å²) in [5.74, 6) is -0.0611. The van der Waals surface area contributed by atoms with Crippen LogP contribution in [0, 0.1) is 0 Å². The first-order chi connectivity index (χ1) is 6.94. The van der Waals surface area contributed by atoms with Crippen LogP contribution in [0.3, 0.4) is 0 Å². The van der Waals surface area contributed by atoms with Crippen LogP contribution in [0.4, 0.5) is 0 Å². The number of rotatable bonds is 4. The van der Waals surface area contributed by atoms with Gasteiger partial charge >= 0.3 is 5.69 Å². The first kappa shape index (κ1) is 11.7. The number of aryl methyl sites for hydroxylation is 1. The van der Waals surface area contributed by atoms with Gasteiger partial charge in [0.05, 0.1) is 5.75 Å². The van der Waals surface area contributed by atoms with Gasteiger partial charge in [-0.3, -0.25) is 4.57 Å². The molecule has 15 heavy (non-hydrogen) atoms. The Morgan fingerprint density at radius 3 is 2.73 bits per heavy atom. The van der Waals surface area contributed by atoms with Gasteiger partial charge < -0.3 is 0 Å². The minimum absolute atomic E-state index is 0.0611. The summed E-state index contributed by atoms with van der Waals surface area (Å²) < 4.78 is 24.2. The van der Waals surface area contributed by atoms with Crippen LogP contribution in [-0.4, -0.2) is 34.8 Å². The molecule has 0 unspecified atom stereocenters. The number of hydrogen-bond acceptors (Lipinski definition) is 4. The maximum atomic E-state index is 11.5. The van der Waals surface area contributed by atoms with Crippen molar-refractivity contribution in [3.8, 4) is 0 Å². The lowest BCUT2D eigenvalue weighted by atomic mass is 10.7. The lowest BCUT2D eigenvalue weighted by Crippen LogP contribution is -2.24. The molecular weight excluding hydrogens is 218 g/mol. The molecule has 0 N–H and O–H groups in total. The zero-order valence-electron chi connectivity index (χ0n) is 8.62. The van der Waals surface area contributed by atoms with Gasteiger partial charge in [0, 0.05) is 19.0 Å². The molecule has 0 saturated carbocycles. The molecule has 0 saturated heterocycles. The van der Waals surface area contributed by atoms with Crippen molar-refractivity contribution in [1.29, 1.82) is 0 Å². The van der Waals surface area contributed by atoms with Crippen molar-refractivity contribution in [3.63, 3.8) is 0 Å². The Hall–Kier alpha value is -1.37. The standard InChI is InChI=1S/C8H13N3O3S/c1-3-4-11-8(12)10(7-9-11)5-6-15(2,13)14/h3-4,7H,5-6H2,1-2H3/b4-3-. The van der Waals surface area contributed by atoms with E-state index in [9.17, 15) is 13.2 Å². The van der Waals surface area contributed by atoms with Crippen LogP contribution in [0.2, 0.25) is 0 Å². The van der Waals surface area contributed by atoms with Crippen molar-refractivity contribution in [2.75, 3.05) is 12.0 Å². The third-order valence-electron chi connectivity index (χ3n) is 1.75. The van der Waals surface area contributed by atoms with Crippen molar-refractivity contribution in [2.24, 2.45) is 0 Å². The van der Waals surface area contributed by atoms with Gasteiger partial charge in [-0.1, -0.05) is 6.08 Å². The van der Waals surface area contributed by atoms with Crippen LogP contribution in [0.5, 0.6) is 0 Å². The van der Waals surface area contributed by atoms with Crippen molar-refractivity contribution in [1.82, 2.24) is 14.3 Å². The molecule has 0 aliphatic heterocycles. The minimum atomic E-state index is -3.06. The molecule has 0 spiro atoms. The molecule has 0 amide bonds. The molecule has 1 aromatic heterocycles. The normalized spacial score (nSPS) is 12.4. The molecule has 6 nitrogen and oxygen atoms in total. The van der Waals surface area contributed by atoms with Crippen LogP contribution in [0.15, 0.2) is 17.2 Å². The van der Waals surface area contributed by atoms with E-state index in [0.717, 1.165) is 10.9 Å². The molecule has 0 aromatic carbocycles. The molecule has 0 aliphatic carbocycles. The van der Waals surface area contributed by atoms with Gasteiger partial charge in [-0.15, -0.1) is 0 Å². The summed E-state index contributed by atoms with van der Waals surface area (Å²) in [6, 6.07) is 0. The van der Waals surface area contributed by atoms with Gasteiger partial charge in [0.2, 0.25) is 0 Å². The highest BCUT2D eigenvalue weighted by atomic mass is 32.2. The number of allylic oxidation sites excluding steroid dienone is 1. The van der Waals surface area contributed by atoms with E-state index in [1.165, 1.54) is 17.1 Å². The smallest absolute Gasteiger partial charge is 0.280 e. The molecule has 0 radical (unpaired) electrons. The fourth-order valence-electron chi connectivity index (χ4n) is 1.01. The first-order valence-electron chi connectivity index (χ1n) is 4.38. The number of hydrogen-bond donors (Lipinski definition) is 0. The molecular formula is C8H13N3O3S. The highest BCUT2D eigenvalue weighted by Crippen LogP contribution is 1.87. The highest BCUT2D eigenvalue weighted by Gasteiger charge is 2.06. The molecule has 1 rings (SSSR count). The predicted molar refractivity (Wildman–Crippen MR) is 57.2 cm³/mol. The maximum Gasteiger partial charge on any atom is 0.349 e. The van der Waals surface area contributed by atoms with E-state index < -0.39 is 9.84 Å². The molecule has 0 aliphatic rings. The van der Waals surface area contributed by atoms with Crippen LogP contribution in [0.1, 0.15) is 6.92 Å². The van der Waals surface area contributed by atoms with E-state index in [1.807, 2.05) is 0 Å². The lowest BCUT2D eigenvalue weighted by molar-refractivity contribution is 0.592. The Balaban J connectivity index is 2.85. The summed E-state index contributed by atoms with van der Waals surface area (Å²) in [6.45, 7) is 1.90. The van der Waals surface area contributed by atoms with Crippen LogP contribution in [0.25, 0.3) is 6.20 Å². The summed E-state index contributed by atoms with van der Waals surface area (Å²) in [5.41, 5.74) is -0.336. The largest absolute Gasteiger partial charge is 0.349 e. The fraction of sp³-hybridized carbons (Fsp3) is 0.500. The minimum Gasteiger partial charge on any atom is -0.280 e. The summed E-state index contributed by atoms with van der Waals surface area (Å²) in [5, 5.41) is 3.79.